The summed E-state index contributed by atoms with van der Waals surface area (Å²) in [4.78, 5) is 14.8. The fourth-order valence-electron chi connectivity index (χ4n) is 4.40. The molecule has 1 aliphatic heterocycles. The Morgan fingerprint density at radius 1 is 1.00 bits per heavy atom. The number of hydrogen-bond acceptors (Lipinski definition) is 2. The maximum Gasteiger partial charge on any atom is 0.227 e. The fourth-order valence-corrected chi connectivity index (χ4v) is 4.67. The minimum atomic E-state index is -0.502. The molecule has 1 atom stereocenters. The van der Waals surface area contributed by atoms with Crippen molar-refractivity contribution < 1.29 is 18.7 Å². The second-order valence-corrected chi connectivity index (χ2v) is 8.29. The van der Waals surface area contributed by atoms with Crippen molar-refractivity contribution in [1.82, 2.24) is 0 Å². The average Bonchev–Trinajstić information content (AvgIpc) is 2.76. The fraction of sp³-hybridized carbons (Fsp3) is 0.240. The van der Waals surface area contributed by atoms with Crippen LogP contribution in [0.5, 0.6) is 0 Å². The second-order valence-electron chi connectivity index (χ2n) is 7.88. The normalized spacial score (nSPS) is 19.0. The zero-order valence-corrected chi connectivity index (χ0v) is 17.6. The minimum absolute atomic E-state index is 0.00800. The Balaban J connectivity index is 1.65. The Kier molecular flexibility index (Phi) is 6.08. The van der Waals surface area contributed by atoms with Gasteiger partial charge in [-0.2, -0.15) is 0 Å². The van der Waals surface area contributed by atoms with Crippen LogP contribution in [-0.4, -0.2) is 24.2 Å². The molecule has 0 bridgehead atoms. The van der Waals surface area contributed by atoms with Gasteiger partial charge in [0.15, 0.2) is 0 Å². The molecule has 3 aromatic carbocycles. The van der Waals surface area contributed by atoms with Gasteiger partial charge in [-0.25, -0.2) is 8.78 Å². The molecule has 160 valence electrons. The first-order valence-electron chi connectivity index (χ1n) is 10.2. The van der Waals surface area contributed by atoms with Crippen LogP contribution in [0.2, 0.25) is 5.02 Å². The smallest absolute Gasteiger partial charge is 0.227 e. The number of piperidine rings is 1. The molecule has 1 saturated heterocycles. The van der Waals surface area contributed by atoms with Crippen LogP contribution < -0.4 is 4.90 Å². The monoisotopic (exact) mass is 441 g/mol. The van der Waals surface area contributed by atoms with E-state index in [1.54, 1.807) is 17.0 Å². The predicted octanol–water partition coefficient (Wildman–Crippen LogP) is 5.73. The van der Waals surface area contributed by atoms with Gasteiger partial charge in [0.25, 0.3) is 0 Å². The molecule has 31 heavy (non-hydrogen) atoms. The van der Waals surface area contributed by atoms with E-state index in [9.17, 15) is 18.7 Å². The van der Waals surface area contributed by atoms with Gasteiger partial charge in [-0.3, -0.25) is 4.79 Å². The third-order valence-corrected chi connectivity index (χ3v) is 6.38. The minimum Gasteiger partial charge on any atom is -0.396 e. The average molecular weight is 442 g/mol. The van der Waals surface area contributed by atoms with Crippen molar-refractivity contribution in [3.05, 3.63) is 89.0 Å². The molecule has 1 N–H and O–H groups in total. The summed E-state index contributed by atoms with van der Waals surface area (Å²) in [5.74, 6) is -1.09. The molecule has 1 amide bonds. The van der Waals surface area contributed by atoms with Crippen molar-refractivity contribution in [3.63, 3.8) is 0 Å². The zero-order valence-electron chi connectivity index (χ0n) is 16.8. The van der Waals surface area contributed by atoms with Crippen LogP contribution >= 0.6 is 11.6 Å². The van der Waals surface area contributed by atoms with E-state index in [0.717, 1.165) is 11.6 Å². The molecule has 0 aromatic heterocycles. The second kappa shape index (κ2) is 8.77. The topological polar surface area (TPSA) is 40.5 Å². The molecular formula is C25H22ClF2NO2. The number of amides is 1. The lowest BCUT2D eigenvalue weighted by molar-refractivity contribution is -0.121. The summed E-state index contributed by atoms with van der Waals surface area (Å²) < 4.78 is 28.0. The highest BCUT2D eigenvalue weighted by molar-refractivity contribution is 6.33. The standard InChI is InChI=1S/C25H22ClF2NO2/c26-22-14-18(27)6-8-20(22)21-15-19(7-9-23(21)28)29-12-10-25(11-13-30,16-24(29)31)17-4-2-1-3-5-17/h1-9,14-15,30H,10-13,16H2. The van der Waals surface area contributed by atoms with E-state index in [1.807, 2.05) is 30.3 Å². The molecule has 0 aliphatic carbocycles. The number of benzene rings is 3. The van der Waals surface area contributed by atoms with Gasteiger partial charge in [0.1, 0.15) is 11.6 Å². The third-order valence-electron chi connectivity index (χ3n) is 6.06. The number of anilines is 1. The molecular weight excluding hydrogens is 420 g/mol. The van der Waals surface area contributed by atoms with E-state index in [-0.39, 0.29) is 29.5 Å². The summed E-state index contributed by atoms with van der Waals surface area (Å²) in [6.07, 6.45) is 1.42. The molecule has 6 heteroatoms. The Labute approximate surface area is 184 Å². The van der Waals surface area contributed by atoms with Crippen molar-refractivity contribution >= 4 is 23.2 Å². The van der Waals surface area contributed by atoms with Gasteiger partial charge in [0.2, 0.25) is 5.91 Å². The van der Waals surface area contributed by atoms with Gasteiger partial charge < -0.3 is 10.0 Å². The largest absolute Gasteiger partial charge is 0.396 e. The predicted molar refractivity (Wildman–Crippen MR) is 118 cm³/mol. The highest BCUT2D eigenvalue weighted by Gasteiger charge is 2.40. The Morgan fingerprint density at radius 3 is 2.45 bits per heavy atom. The SMILES string of the molecule is O=C1CC(CCO)(c2ccccc2)CCN1c1ccc(F)c(-c2ccc(F)cc2Cl)c1. The van der Waals surface area contributed by atoms with Gasteiger partial charge in [0, 0.05) is 41.8 Å². The van der Waals surface area contributed by atoms with Crippen LogP contribution in [0.15, 0.2) is 66.7 Å². The molecule has 0 radical (unpaired) electrons. The summed E-state index contributed by atoms with van der Waals surface area (Å²) in [6, 6.07) is 18.0. The molecule has 1 aliphatic rings. The van der Waals surface area contributed by atoms with Crippen molar-refractivity contribution in [2.75, 3.05) is 18.1 Å². The van der Waals surface area contributed by atoms with Crippen LogP contribution in [0, 0.1) is 11.6 Å². The highest BCUT2D eigenvalue weighted by atomic mass is 35.5. The van der Waals surface area contributed by atoms with Crippen molar-refractivity contribution in [2.45, 2.75) is 24.7 Å². The van der Waals surface area contributed by atoms with Gasteiger partial charge >= 0.3 is 0 Å². The molecule has 0 spiro atoms. The lowest BCUT2D eigenvalue weighted by Crippen LogP contribution is -2.47. The van der Waals surface area contributed by atoms with Gasteiger partial charge in [-0.15, -0.1) is 0 Å². The van der Waals surface area contributed by atoms with Crippen molar-refractivity contribution in [2.24, 2.45) is 0 Å². The molecule has 1 fully saturated rings. The first-order chi connectivity index (χ1) is 14.9. The molecule has 1 heterocycles. The first-order valence-corrected chi connectivity index (χ1v) is 10.5. The maximum absolute atomic E-state index is 14.6. The van der Waals surface area contributed by atoms with Gasteiger partial charge in [-0.1, -0.05) is 41.9 Å². The quantitative estimate of drug-likeness (QED) is 0.549. The van der Waals surface area contributed by atoms with E-state index >= 15 is 0 Å². The van der Waals surface area contributed by atoms with Crippen LogP contribution in [0.4, 0.5) is 14.5 Å². The summed E-state index contributed by atoms with van der Waals surface area (Å²) in [7, 11) is 0. The molecule has 4 rings (SSSR count). The van der Waals surface area contributed by atoms with Crippen molar-refractivity contribution in [3.8, 4) is 11.1 Å². The van der Waals surface area contributed by atoms with Crippen molar-refractivity contribution in [1.29, 1.82) is 0 Å². The van der Waals surface area contributed by atoms with E-state index < -0.39 is 17.0 Å². The maximum atomic E-state index is 14.6. The Hall–Kier alpha value is -2.76. The lowest BCUT2D eigenvalue weighted by Gasteiger charge is -2.41. The number of carbonyl (C=O) groups is 1. The van der Waals surface area contributed by atoms with E-state index in [1.165, 1.54) is 18.2 Å². The van der Waals surface area contributed by atoms with Gasteiger partial charge in [0.05, 0.1) is 5.02 Å². The highest BCUT2D eigenvalue weighted by Crippen LogP contribution is 2.41. The van der Waals surface area contributed by atoms with Crippen LogP contribution in [0.3, 0.4) is 0 Å². The molecule has 1 unspecified atom stereocenters. The number of halogens is 3. The van der Waals surface area contributed by atoms with Crippen LogP contribution in [-0.2, 0) is 10.2 Å². The zero-order chi connectivity index (χ0) is 22.0. The summed E-state index contributed by atoms with van der Waals surface area (Å²) in [6.45, 7) is 0.432. The van der Waals surface area contributed by atoms with Gasteiger partial charge in [-0.05, 0) is 54.8 Å². The Bertz CT molecular complexity index is 1110. The number of rotatable bonds is 5. The molecule has 0 saturated carbocycles. The molecule has 3 nitrogen and oxygen atoms in total. The first kappa shape index (κ1) is 21.5. The summed E-state index contributed by atoms with van der Waals surface area (Å²) in [5, 5.41) is 9.75. The van der Waals surface area contributed by atoms with Crippen LogP contribution in [0.1, 0.15) is 24.8 Å². The third kappa shape index (κ3) is 4.21. The number of hydrogen-bond donors (Lipinski definition) is 1. The molecule has 3 aromatic rings. The number of carbonyl (C=O) groups excluding carboxylic acids is 1. The number of aliphatic hydroxyl groups is 1. The van der Waals surface area contributed by atoms with Crippen LogP contribution in [0.25, 0.3) is 11.1 Å². The van der Waals surface area contributed by atoms with E-state index in [4.69, 9.17) is 11.6 Å². The van der Waals surface area contributed by atoms with E-state index in [0.29, 0.717) is 30.6 Å². The summed E-state index contributed by atoms with van der Waals surface area (Å²) >= 11 is 6.13. The number of aliphatic hydroxyl groups excluding tert-OH is 1. The summed E-state index contributed by atoms with van der Waals surface area (Å²) in [5.41, 5.74) is 1.76. The lowest BCUT2D eigenvalue weighted by atomic mass is 9.70. The van der Waals surface area contributed by atoms with E-state index in [2.05, 4.69) is 0 Å². The Morgan fingerprint density at radius 2 is 1.77 bits per heavy atom. The number of nitrogens with zero attached hydrogens (tertiary/aromatic N) is 1.